The van der Waals surface area contributed by atoms with Gasteiger partial charge in [-0.15, -0.1) is 0 Å². The number of carbonyl (C=O) groups excluding carboxylic acids is 2. The molecule has 1 aromatic carbocycles. The maximum Gasteiger partial charge on any atom is 0.338 e. The number of sulfonamides is 1. The summed E-state index contributed by atoms with van der Waals surface area (Å²) >= 11 is 6.14. The molecule has 1 saturated heterocycles. The monoisotopic (exact) mass is 472 g/mol. The van der Waals surface area contributed by atoms with Crippen molar-refractivity contribution >= 4 is 39.2 Å². The van der Waals surface area contributed by atoms with Crippen LogP contribution in [0.4, 0.5) is 5.69 Å². The summed E-state index contributed by atoms with van der Waals surface area (Å²) in [5.41, 5.74) is -1.42. The van der Waals surface area contributed by atoms with Gasteiger partial charge in [-0.25, -0.2) is 13.2 Å². The first-order valence-electron chi connectivity index (χ1n) is 10.7. The lowest BCUT2D eigenvalue weighted by Gasteiger charge is -2.29. The maximum absolute atomic E-state index is 13.0. The average molecular weight is 473 g/mol. The van der Waals surface area contributed by atoms with Gasteiger partial charge in [0.2, 0.25) is 10.0 Å². The molecule has 172 valence electrons. The second-order valence-electron chi connectivity index (χ2n) is 8.18. The molecule has 1 heterocycles. The fraction of sp³-hybridized carbons (Fsp3) is 0.619. The minimum absolute atomic E-state index is 0.0441. The smallest absolute Gasteiger partial charge is 0.338 e. The number of rotatable bonds is 6. The van der Waals surface area contributed by atoms with Gasteiger partial charge in [0.05, 0.1) is 15.6 Å². The molecule has 1 aliphatic carbocycles. The van der Waals surface area contributed by atoms with Gasteiger partial charge in [-0.1, -0.05) is 30.9 Å². The fourth-order valence-electron chi connectivity index (χ4n) is 3.98. The number of ether oxygens (including phenoxy) is 1. The van der Waals surface area contributed by atoms with Gasteiger partial charge in [-0.3, -0.25) is 4.79 Å². The first-order valence-corrected chi connectivity index (χ1v) is 12.5. The largest absolute Gasteiger partial charge is 0.453 e. The van der Waals surface area contributed by atoms with Crippen molar-refractivity contribution < 1.29 is 27.9 Å². The summed E-state index contributed by atoms with van der Waals surface area (Å²) < 4.78 is 32.4. The third-order valence-corrected chi connectivity index (χ3v) is 8.03. The van der Waals surface area contributed by atoms with Crippen LogP contribution in [0.5, 0.6) is 0 Å². The van der Waals surface area contributed by atoms with Gasteiger partial charge < -0.3 is 15.2 Å². The van der Waals surface area contributed by atoms with Gasteiger partial charge in [0.15, 0.2) is 12.2 Å². The van der Waals surface area contributed by atoms with Crippen LogP contribution in [0.25, 0.3) is 0 Å². The van der Waals surface area contributed by atoms with E-state index in [9.17, 15) is 23.1 Å². The van der Waals surface area contributed by atoms with Crippen LogP contribution >= 0.6 is 11.6 Å². The van der Waals surface area contributed by atoms with Crippen LogP contribution < -0.4 is 5.32 Å². The quantitative estimate of drug-likeness (QED) is 0.615. The number of nitrogens with zero attached hydrogens (tertiary/aromatic N) is 1. The molecule has 2 fully saturated rings. The highest BCUT2D eigenvalue weighted by Gasteiger charge is 2.39. The first kappa shape index (κ1) is 24.0. The van der Waals surface area contributed by atoms with E-state index in [0.29, 0.717) is 25.9 Å². The van der Waals surface area contributed by atoms with Crippen molar-refractivity contribution in [2.75, 3.05) is 25.0 Å². The predicted molar refractivity (Wildman–Crippen MR) is 116 cm³/mol. The van der Waals surface area contributed by atoms with Gasteiger partial charge in [-0.05, 0) is 56.7 Å². The average Bonchev–Trinajstić information content (AvgIpc) is 3.04. The predicted octanol–water partition coefficient (Wildman–Crippen LogP) is 3.08. The molecule has 8 nitrogen and oxygen atoms in total. The second-order valence-corrected chi connectivity index (χ2v) is 10.5. The van der Waals surface area contributed by atoms with E-state index < -0.39 is 34.1 Å². The summed E-state index contributed by atoms with van der Waals surface area (Å²) in [7, 11) is -3.70. The van der Waals surface area contributed by atoms with Gasteiger partial charge in [0, 0.05) is 13.1 Å². The van der Waals surface area contributed by atoms with E-state index in [1.54, 1.807) is 0 Å². The minimum atomic E-state index is -3.70. The van der Waals surface area contributed by atoms with Crippen LogP contribution in [-0.4, -0.2) is 55.0 Å². The van der Waals surface area contributed by atoms with Crippen LogP contribution in [0.1, 0.15) is 57.8 Å². The number of halogens is 1. The van der Waals surface area contributed by atoms with E-state index in [4.69, 9.17) is 16.3 Å². The van der Waals surface area contributed by atoms with E-state index in [2.05, 4.69) is 5.32 Å². The van der Waals surface area contributed by atoms with E-state index in [0.717, 1.165) is 44.9 Å². The fourth-order valence-corrected chi connectivity index (χ4v) is 5.69. The standard InChI is InChI=1S/C21H29ClN2O6S/c22-17-9-8-16(31(28,29)24-12-6-1-2-7-13-24)14-18(17)23-19(25)15-30-20(26)21(27)10-4-3-5-11-21/h8-9,14,27H,1-7,10-13,15H2,(H,23,25). The number of nitrogens with one attached hydrogen (secondary N) is 1. The number of carbonyl (C=O) groups is 2. The number of hydrogen-bond acceptors (Lipinski definition) is 6. The van der Waals surface area contributed by atoms with Crippen molar-refractivity contribution in [2.24, 2.45) is 0 Å². The molecule has 10 heteroatoms. The van der Waals surface area contributed by atoms with E-state index in [1.165, 1.54) is 22.5 Å². The minimum Gasteiger partial charge on any atom is -0.453 e. The lowest BCUT2D eigenvalue weighted by atomic mass is 9.85. The molecule has 1 aliphatic heterocycles. The molecular formula is C21H29ClN2O6S. The van der Waals surface area contributed by atoms with E-state index >= 15 is 0 Å². The summed E-state index contributed by atoms with van der Waals surface area (Å²) in [5, 5.41) is 13.0. The lowest BCUT2D eigenvalue weighted by Crippen LogP contribution is -2.42. The van der Waals surface area contributed by atoms with Gasteiger partial charge in [0.25, 0.3) is 5.91 Å². The Morgan fingerprint density at radius 1 is 1.06 bits per heavy atom. The second kappa shape index (κ2) is 10.3. The van der Waals surface area contributed by atoms with E-state index in [1.807, 2.05) is 0 Å². The lowest BCUT2D eigenvalue weighted by molar-refractivity contribution is -0.170. The van der Waals surface area contributed by atoms with E-state index in [-0.39, 0.29) is 15.6 Å². The highest BCUT2D eigenvalue weighted by molar-refractivity contribution is 7.89. The van der Waals surface area contributed by atoms with Crippen LogP contribution in [0, 0.1) is 0 Å². The topological polar surface area (TPSA) is 113 Å². The van der Waals surface area contributed by atoms with Crippen molar-refractivity contribution in [3.63, 3.8) is 0 Å². The molecule has 2 aliphatic rings. The zero-order chi connectivity index (χ0) is 22.5. The molecule has 1 saturated carbocycles. The third kappa shape index (κ3) is 5.97. The zero-order valence-corrected chi connectivity index (χ0v) is 19.0. The summed E-state index contributed by atoms with van der Waals surface area (Å²) in [6, 6.07) is 4.15. The first-order chi connectivity index (χ1) is 14.7. The Kier molecular flexibility index (Phi) is 7.96. The number of amides is 1. The third-order valence-electron chi connectivity index (χ3n) is 5.81. The van der Waals surface area contributed by atoms with Crippen LogP contribution in [0.2, 0.25) is 5.02 Å². The number of hydrogen-bond donors (Lipinski definition) is 2. The van der Waals surface area contributed by atoms with Crippen LogP contribution in [0.3, 0.4) is 0 Å². The van der Waals surface area contributed by atoms with Crippen molar-refractivity contribution in [1.29, 1.82) is 0 Å². The number of benzene rings is 1. The summed E-state index contributed by atoms with van der Waals surface area (Å²) in [4.78, 5) is 24.5. The van der Waals surface area contributed by atoms with Crippen molar-refractivity contribution in [1.82, 2.24) is 4.31 Å². The van der Waals surface area contributed by atoms with Crippen molar-refractivity contribution in [3.05, 3.63) is 23.2 Å². The Balaban J connectivity index is 1.64. The molecule has 31 heavy (non-hydrogen) atoms. The number of esters is 1. The SMILES string of the molecule is O=C(COC(=O)C1(O)CCCCC1)Nc1cc(S(=O)(=O)N2CCCCCC2)ccc1Cl. The molecule has 1 aromatic rings. The van der Waals surface area contributed by atoms with Crippen LogP contribution in [-0.2, 0) is 24.3 Å². The highest BCUT2D eigenvalue weighted by Crippen LogP contribution is 2.30. The van der Waals surface area contributed by atoms with Crippen LogP contribution in [0.15, 0.2) is 23.1 Å². The summed E-state index contributed by atoms with van der Waals surface area (Å²) in [6.07, 6.45) is 6.67. The Hall–Kier alpha value is -1.68. The van der Waals surface area contributed by atoms with Crippen molar-refractivity contribution in [3.8, 4) is 0 Å². The maximum atomic E-state index is 13.0. The van der Waals surface area contributed by atoms with Crippen molar-refractivity contribution in [2.45, 2.75) is 68.3 Å². The molecule has 0 atom stereocenters. The zero-order valence-electron chi connectivity index (χ0n) is 17.4. The van der Waals surface area contributed by atoms with Gasteiger partial charge in [-0.2, -0.15) is 4.31 Å². The normalized spacial score (nSPS) is 19.9. The summed E-state index contributed by atoms with van der Waals surface area (Å²) in [6.45, 7) is 0.331. The number of anilines is 1. The molecule has 0 unspecified atom stereocenters. The summed E-state index contributed by atoms with van der Waals surface area (Å²) in [5.74, 6) is -1.48. The molecule has 2 N–H and O–H groups in total. The molecule has 0 spiro atoms. The molecule has 0 radical (unpaired) electrons. The molecule has 1 amide bonds. The number of aliphatic hydroxyl groups is 1. The highest BCUT2D eigenvalue weighted by atomic mass is 35.5. The Labute approximate surface area is 187 Å². The molecule has 3 rings (SSSR count). The Bertz CT molecular complexity index is 906. The molecule has 0 bridgehead atoms. The van der Waals surface area contributed by atoms with Gasteiger partial charge in [0.1, 0.15) is 0 Å². The van der Waals surface area contributed by atoms with Gasteiger partial charge >= 0.3 is 5.97 Å². The Morgan fingerprint density at radius 2 is 1.68 bits per heavy atom. The Morgan fingerprint density at radius 3 is 2.32 bits per heavy atom. The molecular weight excluding hydrogens is 444 g/mol. The molecule has 0 aromatic heterocycles.